The van der Waals surface area contributed by atoms with E-state index in [-0.39, 0.29) is 26.8 Å². The van der Waals surface area contributed by atoms with Gasteiger partial charge in [0.2, 0.25) is 0 Å². The minimum atomic E-state index is -4.29. The lowest BCUT2D eigenvalue weighted by atomic mass is 10.1. The Hall–Kier alpha value is -2.58. The first-order chi connectivity index (χ1) is 12.7. The molecule has 0 atom stereocenters. The Labute approximate surface area is 162 Å². The summed E-state index contributed by atoms with van der Waals surface area (Å²) in [7, 11) is -2.84. The van der Waals surface area contributed by atoms with E-state index < -0.39 is 15.9 Å². The Kier molecular flexibility index (Phi) is 6.45. The smallest absolute Gasteiger partial charge is 0.265 e. The quantitative estimate of drug-likeness (QED) is 0.703. The summed E-state index contributed by atoms with van der Waals surface area (Å²) < 4.78 is 37.6. The SMILES string of the molecule is CCOc1cc(C(=O)NS(=O)(=O)c2cc(C(C)=O)ccc2Cl)ccc1OC. The van der Waals surface area contributed by atoms with E-state index >= 15 is 0 Å². The number of Topliss-reactive ketones (excluding diaryl/α,β-unsaturated/α-hetero) is 1. The fourth-order valence-electron chi connectivity index (χ4n) is 2.25. The molecule has 1 amide bonds. The summed E-state index contributed by atoms with van der Waals surface area (Å²) in [5, 5.41) is -0.106. The molecular formula is C18H18ClNO6S. The van der Waals surface area contributed by atoms with Crippen molar-refractivity contribution in [3.05, 3.63) is 52.5 Å². The van der Waals surface area contributed by atoms with Gasteiger partial charge in [-0.2, -0.15) is 0 Å². The first-order valence-corrected chi connectivity index (χ1v) is 9.74. The molecule has 27 heavy (non-hydrogen) atoms. The van der Waals surface area contributed by atoms with Crippen LogP contribution in [0.25, 0.3) is 0 Å². The fourth-order valence-corrected chi connectivity index (χ4v) is 3.75. The number of ketones is 1. The van der Waals surface area contributed by atoms with Gasteiger partial charge in [0.15, 0.2) is 17.3 Å². The molecule has 0 aliphatic rings. The van der Waals surface area contributed by atoms with E-state index in [2.05, 4.69) is 0 Å². The molecule has 0 aromatic heterocycles. The monoisotopic (exact) mass is 411 g/mol. The summed E-state index contributed by atoms with van der Waals surface area (Å²) in [5.41, 5.74) is 0.219. The van der Waals surface area contributed by atoms with Crippen LogP contribution in [0, 0.1) is 0 Å². The second kappa shape index (κ2) is 8.41. The molecule has 1 N–H and O–H groups in total. The largest absolute Gasteiger partial charge is 0.493 e. The van der Waals surface area contributed by atoms with Gasteiger partial charge in [0.25, 0.3) is 15.9 Å². The lowest BCUT2D eigenvalue weighted by Gasteiger charge is -2.12. The fraction of sp³-hybridized carbons (Fsp3) is 0.222. The van der Waals surface area contributed by atoms with E-state index in [1.54, 1.807) is 6.92 Å². The van der Waals surface area contributed by atoms with Crippen LogP contribution in [-0.4, -0.2) is 33.8 Å². The maximum absolute atomic E-state index is 12.6. The maximum Gasteiger partial charge on any atom is 0.265 e. The number of hydrogen-bond donors (Lipinski definition) is 1. The van der Waals surface area contributed by atoms with E-state index in [0.29, 0.717) is 18.1 Å². The van der Waals surface area contributed by atoms with Crippen molar-refractivity contribution in [2.45, 2.75) is 18.7 Å². The predicted octanol–water partition coefficient (Wildman–Crippen LogP) is 3.07. The Balaban J connectivity index is 2.36. The molecule has 0 saturated carbocycles. The van der Waals surface area contributed by atoms with Gasteiger partial charge in [0, 0.05) is 11.1 Å². The highest BCUT2D eigenvalue weighted by molar-refractivity contribution is 7.90. The van der Waals surface area contributed by atoms with Crippen molar-refractivity contribution >= 4 is 33.3 Å². The van der Waals surface area contributed by atoms with Crippen molar-refractivity contribution < 1.29 is 27.5 Å². The Morgan fingerprint density at radius 1 is 1.07 bits per heavy atom. The van der Waals surface area contributed by atoms with Crippen molar-refractivity contribution in [3.8, 4) is 11.5 Å². The summed E-state index contributed by atoms with van der Waals surface area (Å²) >= 11 is 5.94. The zero-order valence-electron chi connectivity index (χ0n) is 14.9. The van der Waals surface area contributed by atoms with Gasteiger partial charge in [-0.25, -0.2) is 13.1 Å². The lowest BCUT2D eigenvalue weighted by Crippen LogP contribution is -2.31. The van der Waals surface area contributed by atoms with E-state index in [1.165, 1.54) is 44.4 Å². The standard InChI is InChI=1S/C18H18ClNO6S/c1-4-26-16-9-13(6-8-15(16)25-3)18(22)20-27(23,24)17-10-12(11(2)21)5-7-14(17)19/h5-10H,4H2,1-3H3,(H,20,22). The number of rotatable bonds is 7. The zero-order valence-corrected chi connectivity index (χ0v) is 16.5. The molecule has 7 nitrogen and oxygen atoms in total. The average molecular weight is 412 g/mol. The minimum Gasteiger partial charge on any atom is -0.493 e. The van der Waals surface area contributed by atoms with E-state index in [4.69, 9.17) is 21.1 Å². The number of carbonyl (C=O) groups is 2. The third-order valence-corrected chi connectivity index (χ3v) is 5.39. The molecule has 0 spiro atoms. The van der Waals surface area contributed by atoms with Gasteiger partial charge < -0.3 is 9.47 Å². The Bertz CT molecular complexity index is 987. The zero-order chi connectivity index (χ0) is 20.2. The molecule has 2 rings (SSSR count). The van der Waals surface area contributed by atoms with Crippen LogP contribution >= 0.6 is 11.6 Å². The van der Waals surface area contributed by atoms with Crippen LogP contribution in [0.1, 0.15) is 34.6 Å². The van der Waals surface area contributed by atoms with Crippen LogP contribution in [0.15, 0.2) is 41.3 Å². The molecule has 144 valence electrons. The number of benzene rings is 2. The normalized spacial score (nSPS) is 11.0. The van der Waals surface area contributed by atoms with Gasteiger partial charge in [-0.1, -0.05) is 11.6 Å². The number of carbonyl (C=O) groups excluding carboxylic acids is 2. The highest BCUT2D eigenvalue weighted by atomic mass is 35.5. The van der Waals surface area contributed by atoms with Gasteiger partial charge in [-0.05, 0) is 50.2 Å². The molecule has 0 bridgehead atoms. The summed E-state index contributed by atoms with van der Waals surface area (Å²) in [4.78, 5) is 23.6. The average Bonchev–Trinajstić information content (AvgIpc) is 2.61. The molecule has 0 radical (unpaired) electrons. The molecule has 0 heterocycles. The van der Waals surface area contributed by atoms with Crippen LogP contribution in [0.3, 0.4) is 0 Å². The molecular weight excluding hydrogens is 394 g/mol. The van der Waals surface area contributed by atoms with Gasteiger partial charge in [-0.15, -0.1) is 0 Å². The number of hydrogen-bond acceptors (Lipinski definition) is 6. The molecule has 2 aromatic rings. The summed E-state index contributed by atoms with van der Waals surface area (Å²) in [5.74, 6) is -0.482. The number of ether oxygens (including phenoxy) is 2. The first kappa shape index (κ1) is 20.7. The molecule has 2 aromatic carbocycles. The highest BCUT2D eigenvalue weighted by Gasteiger charge is 2.23. The highest BCUT2D eigenvalue weighted by Crippen LogP contribution is 2.28. The summed E-state index contributed by atoms with van der Waals surface area (Å²) in [6.07, 6.45) is 0. The van der Waals surface area contributed by atoms with Crippen molar-refractivity contribution in [3.63, 3.8) is 0 Å². The van der Waals surface area contributed by atoms with Crippen LogP contribution in [0.5, 0.6) is 11.5 Å². The van der Waals surface area contributed by atoms with Crippen LogP contribution in [0.4, 0.5) is 0 Å². The van der Waals surface area contributed by atoms with Crippen LogP contribution in [0.2, 0.25) is 5.02 Å². The Morgan fingerprint density at radius 2 is 1.74 bits per heavy atom. The van der Waals surface area contributed by atoms with Crippen molar-refractivity contribution in [1.29, 1.82) is 0 Å². The van der Waals surface area contributed by atoms with Gasteiger partial charge in [0.05, 0.1) is 18.7 Å². The second-order valence-electron chi connectivity index (χ2n) is 5.43. The minimum absolute atomic E-state index is 0.0571. The topological polar surface area (TPSA) is 98.8 Å². The summed E-state index contributed by atoms with van der Waals surface area (Å²) in [6.45, 7) is 3.40. The van der Waals surface area contributed by atoms with Crippen LogP contribution < -0.4 is 14.2 Å². The van der Waals surface area contributed by atoms with Crippen LogP contribution in [-0.2, 0) is 10.0 Å². The number of amides is 1. The summed E-state index contributed by atoms with van der Waals surface area (Å²) in [6, 6.07) is 8.09. The van der Waals surface area contributed by atoms with E-state index in [0.717, 1.165) is 6.07 Å². The van der Waals surface area contributed by atoms with Crippen molar-refractivity contribution in [2.24, 2.45) is 0 Å². The van der Waals surface area contributed by atoms with E-state index in [9.17, 15) is 18.0 Å². The van der Waals surface area contributed by atoms with Gasteiger partial charge in [0.1, 0.15) is 4.90 Å². The number of halogens is 1. The lowest BCUT2D eigenvalue weighted by molar-refractivity contribution is 0.0979. The molecule has 9 heteroatoms. The molecule has 0 saturated heterocycles. The van der Waals surface area contributed by atoms with Gasteiger partial charge in [-0.3, -0.25) is 9.59 Å². The molecule has 0 aliphatic heterocycles. The number of nitrogens with one attached hydrogen (secondary N) is 1. The third-order valence-electron chi connectivity index (χ3n) is 3.58. The van der Waals surface area contributed by atoms with Crippen molar-refractivity contribution in [2.75, 3.05) is 13.7 Å². The van der Waals surface area contributed by atoms with E-state index in [1.807, 2.05) is 4.72 Å². The molecule has 0 unspecified atom stereocenters. The third kappa shape index (κ3) is 4.78. The number of methoxy groups -OCH3 is 1. The maximum atomic E-state index is 12.6. The van der Waals surface area contributed by atoms with Gasteiger partial charge >= 0.3 is 0 Å². The van der Waals surface area contributed by atoms with Crippen molar-refractivity contribution in [1.82, 2.24) is 4.72 Å². The predicted molar refractivity (Wildman–Crippen MR) is 100 cm³/mol. The number of sulfonamides is 1. The molecule has 0 aliphatic carbocycles. The first-order valence-electron chi connectivity index (χ1n) is 7.88. The second-order valence-corrected chi connectivity index (χ2v) is 7.49. The molecule has 0 fully saturated rings. The Morgan fingerprint density at radius 3 is 2.33 bits per heavy atom.